The Morgan fingerprint density at radius 1 is 1.00 bits per heavy atom. The van der Waals surface area contributed by atoms with Crippen molar-refractivity contribution in [1.29, 1.82) is 0 Å². The Morgan fingerprint density at radius 3 is 1.75 bits per heavy atom. The van der Waals surface area contributed by atoms with E-state index >= 15 is 0 Å². The van der Waals surface area contributed by atoms with E-state index in [0.717, 1.165) is 12.1 Å². The molecule has 12 heavy (non-hydrogen) atoms. The summed E-state index contributed by atoms with van der Waals surface area (Å²) in [5.74, 6) is 0. The van der Waals surface area contributed by atoms with Crippen molar-refractivity contribution in [3.05, 3.63) is 34.3 Å². The summed E-state index contributed by atoms with van der Waals surface area (Å²) in [7, 11) is 0. The molecule has 0 aliphatic heterocycles. The van der Waals surface area contributed by atoms with E-state index in [4.69, 9.17) is 0 Å². The van der Waals surface area contributed by atoms with Gasteiger partial charge in [0.15, 0.2) is 0 Å². The second kappa shape index (κ2) is 4.48. The Hall–Kier alpha value is 0.256. The van der Waals surface area contributed by atoms with E-state index in [9.17, 15) is 13.2 Å². The molecule has 0 spiro atoms. The van der Waals surface area contributed by atoms with Crippen LogP contribution in [0, 0.1) is 0 Å². The van der Waals surface area contributed by atoms with E-state index in [-0.39, 0.29) is 23.1 Å². The van der Waals surface area contributed by atoms with Gasteiger partial charge in [0.1, 0.15) is 0 Å². The standard InChI is InChI=1S/C7H4BrF3.Mg.2H/c8-6-3-1-5(2-4-6)7(9,10)11;;;/h1-4H;;;. The molecule has 0 saturated heterocycles. The normalized spacial score (nSPS) is 10.7. The Bertz CT molecular complexity index is 242. The van der Waals surface area contributed by atoms with Crippen LogP contribution in [0.3, 0.4) is 0 Å². The second-order valence-corrected chi connectivity index (χ2v) is 2.92. The zero-order valence-corrected chi connectivity index (χ0v) is 6.91. The summed E-state index contributed by atoms with van der Waals surface area (Å²) in [5.41, 5.74) is -0.624. The number of hydrogen-bond acceptors (Lipinski definition) is 0. The first-order valence-electron chi connectivity index (χ1n) is 2.83. The monoisotopic (exact) mass is 250 g/mol. The van der Waals surface area contributed by atoms with Gasteiger partial charge < -0.3 is 0 Å². The zero-order valence-electron chi connectivity index (χ0n) is 5.32. The number of benzene rings is 1. The molecule has 1 aromatic rings. The molecule has 0 amide bonds. The van der Waals surface area contributed by atoms with Crippen LogP contribution in [-0.4, -0.2) is 23.1 Å². The SMILES string of the molecule is FC(F)(F)c1ccc(Br)cc1.[MgH2]. The van der Waals surface area contributed by atoms with Crippen LogP contribution >= 0.6 is 15.9 Å². The highest BCUT2D eigenvalue weighted by Crippen LogP contribution is 2.29. The lowest BCUT2D eigenvalue weighted by Crippen LogP contribution is -2.03. The molecule has 0 aliphatic rings. The molecule has 0 N–H and O–H groups in total. The van der Waals surface area contributed by atoms with Crippen molar-refractivity contribution >= 4 is 39.0 Å². The average molecular weight is 251 g/mol. The Balaban J connectivity index is 0.00000121. The number of hydrogen-bond donors (Lipinski definition) is 0. The quantitative estimate of drug-likeness (QED) is 0.622. The van der Waals surface area contributed by atoms with Gasteiger partial charge in [0.25, 0.3) is 0 Å². The number of halogens is 4. The van der Waals surface area contributed by atoms with Crippen molar-refractivity contribution in [1.82, 2.24) is 0 Å². The average Bonchev–Trinajstić information content (AvgIpc) is 1.86. The van der Waals surface area contributed by atoms with Gasteiger partial charge in [0, 0.05) is 4.47 Å². The summed E-state index contributed by atoms with van der Waals surface area (Å²) in [5, 5.41) is 0. The number of rotatable bonds is 0. The van der Waals surface area contributed by atoms with Crippen molar-refractivity contribution in [2.75, 3.05) is 0 Å². The minimum atomic E-state index is -4.24. The minimum absolute atomic E-state index is 0. The summed E-state index contributed by atoms with van der Waals surface area (Å²) >= 11 is 3.04. The highest BCUT2D eigenvalue weighted by atomic mass is 79.9. The summed E-state index contributed by atoms with van der Waals surface area (Å²) in [6, 6.07) is 4.79. The van der Waals surface area contributed by atoms with Crippen LogP contribution in [0.25, 0.3) is 0 Å². The van der Waals surface area contributed by atoms with Crippen molar-refractivity contribution in [3.8, 4) is 0 Å². The predicted molar refractivity (Wildman–Crippen MR) is 47.7 cm³/mol. The lowest BCUT2D eigenvalue weighted by atomic mass is 10.2. The molecule has 0 saturated carbocycles. The van der Waals surface area contributed by atoms with Crippen LogP contribution in [0.2, 0.25) is 0 Å². The van der Waals surface area contributed by atoms with Gasteiger partial charge >= 0.3 is 29.2 Å². The van der Waals surface area contributed by atoms with Crippen LogP contribution in [0.4, 0.5) is 13.2 Å². The van der Waals surface area contributed by atoms with Crippen LogP contribution < -0.4 is 0 Å². The smallest absolute Gasteiger partial charge is 0.166 e. The molecule has 5 heteroatoms. The Morgan fingerprint density at radius 2 is 1.42 bits per heavy atom. The molecule has 1 aromatic carbocycles. The molecule has 0 heterocycles. The maximum atomic E-state index is 11.9. The molecule has 0 aromatic heterocycles. The first kappa shape index (κ1) is 12.3. The molecule has 1 rings (SSSR count). The van der Waals surface area contributed by atoms with Crippen LogP contribution in [-0.2, 0) is 6.18 Å². The molecule has 0 bridgehead atoms. The van der Waals surface area contributed by atoms with Gasteiger partial charge in [-0.25, -0.2) is 0 Å². The summed E-state index contributed by atoms with van der Waals surface area (Å²) in [6.45, 7) is 0. The molecule has 64 valence electrons. The fraction of sp³-hybridized carbons (Fsp3) is 0.143. The van der Waals surface area contributed by atoms with Gasteiger partial charge in [-0.2, -0.15) is 13.2 Å². The number of alkyl halides is 3. The molecule has 0 atom stereocenters. The summed E-state index contributed by atoms with van der Waals surface area (Å²) in [6.07, 6.45) is -4.24. The third-order valence-corrected chi connectivity index (χ3v) is 1.70. The summed E-state index contributed by atoms with van der Waals surface area (Å²) < 4.78 is 36.4. The Kier molecular flexibility index (Phi) is 4.58. The van der Waals surface area contributed by atoms with E-state index in [0.29, 0.717) is 4.47 Å². The Labute approximate surface area is 92.4 Å². The fourth-order valence-corrected chi connectivity index (χ4v) is 0.903. The maximum absolute atomic E-state index is 11.9. The topological polar surface area (TPSA) is 0 Å². The van der Waals surface area contributed by atoms with Crippen LogP contribution in [0.15, 0.2) is 28.7 Å². The van der Waals surface area contributed by atoms with E-state index in [1.54, 1.807) is 0 Å². The maximum Gasteiger partial charge on any atom is 0.416 e. The van der Waals surface area contributed by atoms with Crippen molar-refractivity contribution in [2.24, 2.45) is 0 Å². The predicted octanol–water partition coefficient (Wildman–Crippen LogP) is 2.55. The van der Waals surface area contributed by atoms with E-state index in [1.807, 2.05) is 0 Å². The molecule has 0 fully saturated rings. The first-order valence-corrected chi connectivity index (χ1v) is 3.62. The highest BCUT2D eigenvalue weighted by molar-refractivity contribution is 9.10. The fourth-order valence-electron chi connectivity index (χ4n) is 0.639. The molecule has 0 aliphatic carbocycles. The highest BCUT2D eigenvalue weighted by Gasteiger charge is 2.29. The van der Waals surface area contributed by atoms with Gasteiger partial charge in [0.2, 0.25) is 0 Å². The molecule has 0 unspecified atom stereocenters. The van der Waals surface area contributed by atoms with E-state index < -0.39 is 11.7 Å². The second-order valence-electron chi connectivity index (χ2n) is 2.00. The lowest BCUT2D eigenvalue weighted by molar-refractivity contribution is -0.137. The van der Waals surface area contributed by atoms with Crippen LogP contribution in [0.5, 0.6) is 0 Å². The minimum Gasteiger partial charge on any atom is -0.166 e. The summed E-state index contributed by atoms with van der Waals surface area (Å²) in [4.78, 5) is 0. The molecule has 0 nitrogen and oxygen atoms in total. The van der Waals surface area contributed by atoms with Gasteiger partial charge in [-0.1, -0.05) is 15.9 Å². The molecular formula is C7H6BrF3Mg. The van der Waals surface area contributed by atoms with Gasteiger partial charge in [-0.15, -0.1) is 0 Å². The van der Waals surface area contributed by atoms with Gasteiger partial charge in [-0.05, 0) is 24.3 Å². The van der Waals surface area contributed by atoms with Crippen LogP contribution in [0.1, 0.15) is 5.56 Å². The van der Waals surface area contributed by atoms with Gasteiger partial charge in [0.05, 0.1) is 5.56 Å². The van der Waals surface area contributed by atoms with Crippen molar-refractivity contribution in [2.45, 2.75) is 6.18 Å². The third kappa shape index (κ3) is 3.33. The van der Waals surface area contributed by atoms with E-state index in [1.165, 1.54) is 12.1 Å². The molecule has 0 radical (unpaired) electrons. The first-order chi connectivity index (χ1) is 5.00. The zero-order chi connectivity index (χ0) is 8.48. The third-order valence-electron chi connectivity index (χ3n) is 1.17. The largest absolute Gasteiger partial charge is 0.416 e. The van der Waals surface area contributed by atoms with E-state index in [2.05, 4.69) is 15.9 Å². The lowest BCUT2D eigenvalue weighted by Gasteiger charge is -2.04. The van der Waals surface area contributed by atoms with Gasteiger partial charge in [-0.3, -0.25) is 0 Å². The van der Waals surface area contributed by atoms with Crippen molar-refractivity contribution in [3.63, 3.8) is 0 Å². The molecular weight excluding hydrogens is 245 g/mol. The van der Waals surface area contributed by atoms with Crippen molar-refractivity contribution < 1.29 is 13.2 Å².